The molecule has 1 atom stereocenters. The molecule has 0 spiro atoms. The minimum absolute atomic E-state index is 0.174. The van der Waals surface area contributed by atoms with Gasteiger partial charge >= 0.3 is 5.97 Å². The van der Waals surface area contributed by atoms with Crippen LogP contribution in [0, 0.1) is 0 Å². The highest BCUT2D eigenvalue weighted by Gasteiger charge is 2.34. The highest BCUT2D eigenvalue weighted by Crippen LogP contribution is 2.37. The number of ether oxygens (including phenoxy) is 1. The third-order valence-electron chi connectivity index (χ3n) is 5.55. The first-order valence-corrected chi connectivity index (χ1v) is 11.7. The summed E-state index contributed by atoms with van der Waals surface area (Å²) in [7, 11) is 0. The van der Waals surface area contributed by atoms with Crippen molar-refractivity contribution in [2.45, 2.75) is 109 Å². The molecule has 3 heteroatoms. The van der Waals surface area contributed by atoms with E-state index in [-0.39, 0.29) is 12.4 Å². The van der Waals surface area contributed by atoms with Crippen molar-refractivity contribution in [1.29, 1.82) is 0 Å². The Balaban J connectivity index is 2.52. The quantitative estimate of drug-likeness (QED) is 0.233. The van der Waals surface area contributed by atoms with Gasteiger partial charge in [-0.1, -0.05) is 108 Å². The zero-order valence-corrected chi connectivity index (χ0v) is 18.4. The fraction of sp³-hybridized carbons (Fsp3) is 0.720. The number of nitrogens with two attached hydrogens (primary N) is 1. The smallest absolute Gasteiger partial charge is 0.307 e. The standard InChI is InChI=1S/C25H43NO2/c1-3-5-6-7-8-9-10-11-12-16-21-25(20-4-2,28-24(27)19-22-26)23-17-14-13-15-18-23/h13-15,17-18H,3-12,16,19-22,26H2,1-2H3. The van der Waals surface area contributed by atoms with Crippen molar-refractivity contribution in [3.63, 3.8) is 0 Å². The van der Waals surface area contributed by atoms with Crippen LogP contribution in [-0.2, 0) is 15.1 Å². The van der Waals surface area contributed by atoms with Crippen LogP contribution in [0.4, 0.5) is 0 Å². The Morgan fingerprint density at radius 3 is 1.93 bits per heavy atom. The molecule has 3 nitrogen and oxygen atoms in total. The van der Waals surface area contributed by atoms with E-state index in [0.717, 1.165) is 31.2 Å². The fourth-order valence-electron chi connectivity index (χ4n) is 4.01. The van der Waals surface area contributed by atoms with Crippen molar-refractivity contribution in [2.75, 3.05) is 6.54 Å². The van der Waals surface area contributed by atoms with E-state index in [1.54, 1.807) is 0 Å². The van der Waals surface area contributed by atoms with Gasteiger partial charge in [-0.15, -0.1) is 0 Å². The Morgan fingerprint density at radius 1 is 0.821 bits per heavy atom. The SMILES string of the molecule is CCCCCCCCCCCCC(CCC)(OC(=O)CCN)c1ccccc1. The number of rotatable bonds is 17. The first-order valence-electron chi connectivity index (χ1n) is 11.7. The van der Waals surface area contributed by atoms with Crippen LogP contribution in [0.2, 0.25) is 0 Å². The van der Waals surface area contributed by atoms with Gasteiger partial charge in [0.05, 0.1) is 6.42 Å². The van der Waals surface area contributed by atoms with E-state index in [1.165, 1.54) is 57.8 Å². The maximum atomic E-state index is 12.3. The van der Waals surface area contributed by atoms with Crippen LogP contribution in [0.3, 0.4) is 0 Å². The van der Waals surface area contributed by atoms with Crippen molar-refractivity contribution in [3.8, 4) is 0 Å². The van der Waals surface area contributed by atoms with Crippen molar-refractivity contribution in [2.24, 2.45) is 5.73 Å². The van der Waals surface area contributed by atoms with Gasteiger partial charge in [-0.2, -0.15) is 0 Å². The molecule has 1 rings (SSSR count). The van der Waals surface area contributed by atoms with E-state index >= 15 is 0 Å². The molecule has 0 saturated heterocycles. The van der Waals surface area contributed by atoms with Crippen LogP contribution in [0.1, 0.15) is 109 Å². The number of benzene rings is 1. The maximum Gasteiger partial charge on any atom is 0.307 e. The number of carbonyl (C=O) groups is 1. The lowest BCUT2D eigenvalue weighted by Crippen LogP contribution is -2.33. The number of hydrogen-bond acceptors (Lipinski definition) is 3. The molecule has 1 aromatic carbocycles. The average Bonchev–Trinajstić information content (AvgIpc) is 2.70. The predicted octanol–water partition coefficient (Wildman–Crippen LogP) is 6.89. The van der Waals surface area contributed by atoms with Gasteiger partial charge in [0.2, 0.25) is 0 Å². The molecular weight excluding hydrogens is 346 g/mol. The highest BCUT2D eigenvalue weighted by molar-refractivity contribution is 5.70. The van der Waals surface area contributed by atoms with E-state index in [4.69, 9.17) is 10.5 Å². The number of carbonyl (C=O) groups excluding carboxylic acids is 1. The van der Waals surface area contributed by atoms with Crippen LogP contribution < -0.4 is 5.73 Å². The molecule has 0 amide bonds. The lowest BCUT2D eigenvalue weighted by atomic mass is 9.84. The molecule has 0 radical (unpaired) electrons. The lowest BCUT2D eigenvalue weighted by Gasteiger charge is -2.34. The molecule has 1 unspecified atom stereocenters. The van der Waals surface area contributed by atoms with Crippen molar-refractivity contribution < 1.29 is 9.53 Å². The third-order valence-corrected chi connectivity index (χ3v) is 5.55. The summed E-state index contributed by atoms with van der Waals surface area (Å²) in [5.74, 6) is -0.174. The van der Waals surface area contributed by atoms with E-state index in [1.807, 2.05) is 18.2 Å². The summed E-state index contributed by atoms with van der Waals surface area (Å²) >= 11 is 0. The topological polar surface area (TPSA) is 52.3 Å². The molecule has 28 heavy (non-hydrogen) atoms. The average molecular weight is 390 g/mol. The molecular formula is C25H43NO2. The molecule has 0 heterocycles. The lowest BCUT2D eigenvalue weighted by molar-refractivity contribution is -0.163. The van der Waals surface area contributed by atoms with Crippen molar-refractivity contribution in [1.82, 2.24) is 0 Å². The minimum atomic E-state index is -0.498. The summed E-state index contributed by atoms with van der Waals surface area (Å²) < 4.78 is 6.07. The van der Waals surface area contributed by atoms with Gasteiger partial charge in [0.1, 0.15) is 5.60 Å². The molecule has 2 N–H and O–H groups in total. The summed E-state index contributed by atoms with van der Waals surface area (Å²) in [4.78, 5) is 12.3. The van der Waals surface area contributed by atoms with Crippen LogP contribution in [0.25, 0.3) is 0 Å². The fourth-order valence-corrected chi connectivity index (χ4v) is 4.01. The molecule has 0 aromatic heterocycles. The van der Waals surface area contributed by atoms with Gasteiger partial charge < -0.3 is 10.5 Å². The summed E-state index contributed by atoms with van der Waals surface area (Å²) in [6.45, 7) is 4.77. The molecule has 0 aliphatic carbocycles. The predicted molar refractivity (Wildman–Crippen MR) is 119 cm³/mol. The second-order valence-electron chi connectivity index (χ2n) is 8.06. The zero-order valence-electron chi connectivity index (χ0n) is 18.4. The second kappa shape index (κ2) is 15.6. The summed E-state index contributed by atoms with van der Waals surface area (Å²) in [6, 6.07) is 10.3. The molecule has 0 aliphatic rings. The van der Waals surface area contributed by atoms with Crippen LogP contribution in [0.15, 0.2) is 30.3 Å². The third kappa shape index (κ3) is 9.73. The van der Waals surface area contributed by atoms with E-state index in [9.17, 15) is 4.79 Å². The Bertz CT molecular complexity index is 503. The van der Waals surface area contributed by atoms with Crippen molar-refractivity contribution in [3.05, 3.63) is 35.9 Å². The Labute approximate surface area is 173 Å². The van der Waals surface area contributed by atoms with Crippen LogP contribution in [0.5, 0.6) is 0 Å². The molecule has 1 aromatic rings. The molecule has 0 aliphatic heterocycles. The number of hydrogen-bond donors (Lipinski definition) is 1. The summed E-state index contributed by atoms with van der Waals surface area (Å²) in [6.07, 6.45) is 16.2. The van der Waals surface area contributed by atoms with Crippen LogP contribution >= 0.6 is 0 Å². The van der Waals surface area contributed by atoms with Gasteiger partial charge in [0.25, 0.3) is 0 Å². The monoisotopic (exact) mass is 389 g/mol. The Hall–Kier alpha value is -1.35. The zero-order chi connectivity index (χ0) is 20.5. The normalized spacial score (nSPS) is 13.2. The van der Waals surface area contributed by atoms with Crippen molar-refractivity contribution >= 4 is 5.97 Å². The number of esters is 1. The Morgan fingerprint density at radius 2 is 1.39 bits per heavy atom. The van der Waals surface area contributed by atoms with Gasteiger partial charge in [-0.3, -0.25) is 4.79 Å². The minimum Gasteiger partial charge on any atom is -0.454 e. The first-order chi connectivity index (χ1) is 13.7. The van der Waals surface area contributed by atoms with Gasteiger partial charge in [0.15, 0.2) is 0 Å². The molecule has 0 bridgehead atoms. The highest BCUT2D eigenvalue weighted by atomic mass is 16.6. The van der Waals surface area contributed by atoms with E-state index in [0.29, 0.717) is 6.54 Å². The van der Waals surface area contributed by atoms with Gasteiger partial charge in [0, 0.05) is 6.54 Å². The molecule has 0 fully saturated rings. The van der Waals surface area contributed by atoms with Gasteiger partial charge in [-0.25, -0.2) is 0 Å². The molecule has 160 valence electrons. The van der Waals surface area contributed by atoms with Gasteiger partial charge in [-0.05, 0) is 24.8 Å². The first kappa shape index (κ1) is 24.7. The summed E-state index contributed by atoms with van der Waals surface area (Å²) in [5, 5.41) is 0. The second-order valence-corrected chi connectivity index (χ2v) is 8.06. The Kier molecular flexibility index (Phi) is 13.7. The number of unbranched alkanes of at least 4 members (excludes halogenated alkanes) is 9. The maximum absolute atomic E-state index is 12.3. The van der Waals surface area contributed by atoms with E-state index in [2.05, 4.69) is 26.0 Å². The van der Waals surface area contributed by atoms with E-state index < -0.39 is 5.60 Å². The molecule has 0 saturated carbocycles. The summed E-state index contributed by atoms with van der Waals surface area (Å²) in [5.41, 5.74) is 6.19. The van der Waals surface area contributed by atoms with Crippen LogP contribution in [-0.4, -0.2) is 12.5 Å². The largest absolute Gasteiger partial charge is 0.454 e.